The van der Waals surface area contributed by atoms with Gasteiger partial charge in [0.05, 0.1) is 10.8 Å². The minimum Gasteiger partial charge on any atom is -0.254 e. The lowest BCUT2D eigenvalue weighted by atomic mass is 10.1. The summed E-state index contributed by atoms with van der Waals surface area (Å²) in [6, 6.07) is 7.90. The molecule has 0 amide bonds. The number of aryl methyl sites for hydroxylation is 1. The zero-order valence-corrected chi connectivity index (χ0v) is 13.2. The molecule has 1 nitrogen and oxygen atoms in total. The van der Waals surface area contributed by atoms with Gasteiger partial charge in [-0.25, -0.2) is 0 Å². The third kappa shape index (κ3) is 6.02. The Hall–Kier alpha value is -1.15. The van der Waals surface area contributed by atoms with Crippen LogP contribution in [0.15, 0.2) is 52.5 Å². The molecule has 0 saturated heterocycles. The van der Waals surface area contributed by atoms with Gasteiger partial charge in [0.25, 0.3) is 0 Å². The first kappa shape index (κ1) is 15.9. The van der Waals surface area contributed by atoms with E-state index in [1.165, 1.54) is 11.1 Å². The monoisotopic (exact) mass is 276 g/mol. The molecule has 1 unspecified atom stereocenters. The van der Waals surface area contributed by atoms with E-state index < -0.39 is 10.8 Å². The Balaban J connectivity index is 2.54. The lowest BCUT2D eigenvalue weighted by molar-refractivity contribution is 0.684. The number of allylic oxidation sites excluding steroid dienone is 3. The van der Waals surface area contributed by atoms with Crippen molar-refractivity contribution in [3.63, 3.8) is 0 Å². The van der Waals surface area contributed by atoms with Gasteiger partial charge < -0.3 is 0 Å². The third-order valence-electron chi connectivity index (χ3n) is 3.01. The normalized spacial score (nSPS) is 13.2. The molecule has 2 heteroatoms. The second-order valence-corrected chi connectivity index (χ2v) is 6.61. The van der Waals surface area contributed by atoms with Crippen LogP contribution in [0.5, 0.6) is 0 Å². The summed E-state index contributed by atoms with van der Waals surface area (Å²) in [4.78, 5) is 0.954. The first-order chi connectivity index (χ1) is 9.00. The van der Waals surface area contributed by atoms with Crippen LogP contribution < -0.4 is 0 Å². The van der Waals surface area contributed by atoms with E-state index in [2.05, 4.69) is 32.9 Å². The maximum absolute atomic E-state index is 12.2. The predicted octanol–water partition coefficient (Wildman–Crippen LogP) is 4.80. The summed E-state index contributed by atoms with van der Waals surface area (Å²) in [5, 5.41) is 0. The number of rotatable bonds is 6. The molecule has 1 rings (SSSR count). The topological polar surface area (TPSA) is 17.1 Å². The van der Waals surface area contributed by atoms with Crippen LogP contribution in [0, 0.1) is 6.92 Å². The van der Waals surface area contributed by atoms with Crippen molar-refractivity contribution in [3.05, 3.63) is 53.1 Å². The minimum absolute atomic E-state index is 0.617. The second-order valence-electron chi connectivity index (χ2n) is 5.15. The van der Waals surface area contributed by atoms with Crippen LogP contribution >= 0.6 is 0 Å². The third-order valence-corrected chi connectivity index (χ3v) is 4.43. The largest absolute Gasteiger partial charge is 0.254 e. The highest BCUT2D eigenvalue weighted by molar-refractivity contribution is 7.85. The summed E-state index contributed by atoms with van der Waals surface area (Å²) in [7, 11) is -0.922. The first-order valence-corrected chi connectivity index (χ1v) is 8.05. The van der Waals surface area contributed by atoms with Gasteiger partial charge in [-0.3, -0.25) is 4.21 Å². The Morgan fingerprint density at radius 2 is 1.84 bits per heavy atom. The van der Waals surface area contributed by atoms with Crippen molar-refractivity contribution < 1.29 is 4.21 Å². The molecule has 0 heterocycles. The molecule has 1 aromatic rings. The lowest BCUT2D eigenvalue weighted by Crippen LogP contribution is -1.98. The fourth-order valence-corrected chi connectivity index (χ4v) is 3.08. The van der Waals surface area contributed by atoms with Crippen molar-refractivity contribution in [3.8, 4) is 0 Å². The average molecular weight is 276 g/mol. The van der Waals surface area contributed by atoms with Gasteiger partial charge in [-0.1, -0.05) is 41.5 Å². The van der Waals surface area contributed by atoms with Crippen molar-refractivity contribution >= 4 is 10.8 Å². The predicted molar refractivity (Wildman–Crippen MR) is 84.9 cm³/mol. The maximum Gasteiger partial charge on any atom is 0.0570 e. The van der Waals surface area contributed by atoms with Gasteiger partial charge in [-0.2, -0.15) is 0 Å². The van der Waals surface area contributed by atoms with E-state index >= 15 is 0 Å². The van der Waals surface area contributed by atoms with Crippen LogP contribution in [0.4, 0.5) is 0 Å². The van der Waals surface area contributed by atoms with E-state index in [1.807, 2.05) is 31.2 Å². The molecule has 104 valence electrons. The molecular weight excluding hydrogens is 252 g/mol. The lowest BCUT2D eigenvalue weighted by Gasteiger charge is -2.04. The van der Waals surface area contributed by atoms with E-state index in [9.17, 15) is 4.21 Å². The van der Waals surface area contributed by atoms with Gasteiger partial charge in [0.1, 0.15) is 0 Å². The van der Waals surface area contributed by atoms with E-state index in [0.717, 1.165) is 23.3 Å². The summed E-state index contributed by atoms with van der Waals surface area (Å²) < 4.78 is 12.2. The highest BCUT2D eigenvalue weighted by atomic mass is 32.2. The molecule has 1 atom stereocenters. The van der Waals surface area contributed by atoms with Gasteiger partial charge >= 0.3 is 0 Å². The van der Waals surface area contributed by atoms with E-state index in [1.54, 1.807) is 0 Å². The SMILES string of the molecule is CC(C)=CCC/C(C)=C/CS(=O)c1ccccc1C. The molecule has 0 bridgehead atoms. The van der Waals surface area contributed by atoms with Crippen LogP contribution in [0.25, 0.3) is 0 Å². The van der Waals surface area contributed by atoms with Gasteiger partial charge in [0.2, 0.25) is 0 Å². The quantitative estimate of drug-likeness (QED) is 0.682. The molecule has 0 aromatic heterocycles. The fraction of sp³-hybridized carbons (Fsp3) is 0.412. The molecular formula is C17H24OS. The second kappa shape index (κ2) is 8.11. The van der Waals surface area contributed by atoms with Crippen molar-refractivity contribution in [2.45, 2.75) is 45.4 Å². The zero-order chi connectivity index (χ0) is 14.3. The Bertz CT molecular complexity index is 494. The standard InChI is InChI=1S/C17H24OS/c1-14(2)8-7-9-15(3)12-13-19(18)17-11-6-5-10-16(17)4/h5-6,8,10-12H,7,9,13H2,1-4H3/b15-12+. The molecule has 0 spiro atoms. The highest BCUT2D eigenvalue weighted by Crippen LogP contribution is 2.14. The summed E-state index contributed by atoms with van der Waals surface area (Å²) in [5.41, 5.74) is 3.78. The molecule has 0 radical (unpaired) electrons. The Morgan fingerprint density at radius 1 is 1.16 bits per heavy atom. The Morgan fingerprint density at radius 3 is 2.47 bits per heavy atom. The minimum atomic E-state index is -0.922. The highest BCUT2D eigenvalue weighted by Gasteiger charge is 2.04. The van der Waals surface area contributed by atoms with E-state index in [-0.39, 0.29) is 0 Å². The Kier molecular flexibility index (Phi) is 6.79. The molecule has 0 saturated carbocycles. The van der Waals surface area contributed by atoms with Crippen molar-refractivity contribution in [1.82, 2.24) is 0 Å². The van der Waals surface area contributed by atoms with Crippen LogP contribution in [-0.4, -0.2) is 9.96 Å². The number of hydrogen-bond acceptors (Lipinski definition) is 1. The van der Waals surface area contributed by atoms with Gasteiger partial charge in [0.15, 0.2) is 0 Å². The van der Waals surface area contributed by atoms with Crippen LogP contribution in [-0.2, 0) is 10.8 Å². The summed E-state index contributed by atoms with van der Waals surface area (Å²) >= 11 is 0. The molecule has 0 aliphatic heterocycles. The molecule has 0 N–H and O–H groups in total. The molecule has 1 aromatic carbocycles. The van der Waals surface area contributed by atoms with Crippen LogP contribution in [0.1, 0.15) is 39.2 Å². The van der Waals surface area contributed by atoms with Gasteiger partial charge in [-0.05, 0) is 52.2 Å². The smallest absolute Gasteiger partial charge is 0.0570 e. The Labute approximate surface area is 119 Å². The number of hydrogen-bond donors (Lipinski definition) is 0. The van der Waals surface area contributed by atoms with Crippen molar-refractivity contribution in [2.75, 3.05) is 5.75 Å². The maximum atomic E-state index is 12.2. The summed E-state index contributed by atoms with van der Waals surface area (Å²) in [5.74, 6) is 0.617. The molecule has 0 aliphatic carbocycles. The molecule has 19 heavy (non-hydrogen) atoms. The average Bonchev–Trinajstić information content (AvgIpc) is 2.36. The summed E-state index contributed by atoms with van der Waals surface area (Å²) in [6.45, 7) is 8.37. The summed E-state index contributed by atoms with van der Waals surface area (Å²) in [6.07, 6.45) is 6.48. The van der Waals surface area contributed by atoms with Crippen LogP contribution in [0.2, 0.25) is 0 Å². The molecule has 0 aliphatic rings. The van der Waals surface area contributed by atoms with Gasteiger partial charge in [-0.15, -0.1) is 0 Å². The molecule has 0 fully saturated rings. The number of benzene rings is 1. The van der Waals surface area contributed by atoms with Crippen molar-refractivity contribution in [2.24, 2.45) is 0 Å². The zero-order valence-electron chi connectivity index (χ0n) is 12.4. The van der Waals surface area contributed by atoms with E-state index in [4.69, 9.17) is 0 Å². The van der Waals surface area contributed by atoms with Crippen molar-refractivity contribution in [1.29, 1.82) is 0 Å². The van der Waals surface area contributed by atoms with E-state index in [0.29, 0.717) is 5.75 Å². The fourth-order valence-electron chi connectivity index (χ4n) is 1.81. The first-order valence-electron chi connectivity index (χ1n) is 6.73. The van der Waals surface area contributed by atoms with Crippen LogP contribution in [0.3, 0.4) is 0 Å². The van der Waals surface area contributed by atoms with Gasteiger partial charge in [0, 0.05) is 10.6 Å².